The highest BCUT2D eigenvalue weighted by atomic mass is 32.2. The Morgan fingerprint density at radius 2 is 1.32 bits per heavy atom. The van der Waals surface area contributed by atoms with Crippen LogP contribution in [0, 0.1) is 4.91 Å². The van der Waals surface area contributed by atoms with E-state index in [0.717, 1.165) is 14.4 Å². The molecule has 7 nitrogen and oxygen atoms in total. The number of nitrogens with zero attached hydrogens (tertiary/aromatic N) is 4. The van der Waals surface area contributed by atoms with E-state index in [4.69, 9.17) is 4.36 Å². The summed E-state index contributed by atoms with van der Waals surface area (Å²) in [6.45, 7) is 3.86. The van der Waals surface area contributed by atoms with Crippen LogP contribution in [0.25, 0.3) is 0 Å². The van der Waals surface area contributed by atoms with Crippen molar-refractivity contribution in [3.8, 4) is 0 Å². The number of aromatic nitrogens is 2. The van der Waals surface area contributed by atoms with Crippen molar-refractivity contribution in [2.24, 2.45) is 9.54 Å². The van der Waals surface area contributed by atoms with Crippen LogP contribution in [0.15, 0.2) is 89.6 Å². The summed E-state index contributed by atoms with van der Waals surface area (Å²) < 4.78 is 7.05. The summed E-state index contributed by atoms with van der Waals surface area (Å²) in [5.41, 5.74) is -1.55. The first-order chi connectivity index (χ1) is 13.6. The first-order valence-corrected chi connectivity index (χ1v) is 10.1. The van der Waals surface area contributed by atoms with Gasteiger partial charge in [-0.15, -0.1) is 4.91 Å². The van der Waals surface area contributed by atoms with E-state index >= 15 is 0 Å². The maximum atomic E-state index is 12.7. The highest BCUT2D eigenvalue weighted by Crippen LogP contribution is 2.28. The standard InChI is InChI=1S/C20H20N4O3S/c1-3-23-18(17(21-27)19(25)24(4-2)20(23)26)22-28(15-11-7-5-8-12-15)16-13-9-6-10-14-16/h5-14H,3-4H2,1-2H3. The molecule has 3 rings (SSSR count). The molecule has 0 amide bonds. The highest BCUT2D eigenvalue weighted by molar-refractivity contribution is 7.87. The van der Waals surface area contributed by atoms with Crippen molar-refractivity contribution >= 4 is 22.2 Å². The Hall–Kier alpha value is -3.13. The predicted octanol–water partition coefficient (Wildman–Crippen LogP) is 4.00. The number of benzene rings is 2. The zero-order valence-electron chi connectivity index (χ0n) is 15.6. The summed E-state index contributed by atoms with van der Waals surface area (Å²) in [4.78, 5) is 38.6. The molecule has 0 aliphatic carbocycles. The van der Waals surface area contributed by atoms with Gasteiger partial charge in [0.05, 0.1) is 0 Å². The molecule has 0 spiro atoms. The average Bonchev–Trinajstić information content (AvgIpc) is 2.73. The van der Waals surface area contributed by atoms with Gasteiger partial charge < -0.3 is 0 Å². The van der Waals surface area contributed by atoms with Gasteiger partial charge in [0, 0.05) is 22.9 Å². The Morgan fingerprint density at radius 1 is 0.821 bits per heavy atom. The van der Waals surface area contributed by atoms with Crippen molar-refractivity contribution in [3.05, 3.63) is 86.4 Å². The lowest BCUT2D eigenvalue weighted by Gasteiger charge is -2.14. The van der Waals surface area contributed by atoms with Crippen molar-refractivity contribution in [1.29, 1.82) is 0 Å². The van der Waals surface area contributed by atoms with Gasteiger partial charge in [-0.05, 0) is 54.0 Å². The van der Waals surface area contributed by atoms with Crippen LogP contribution in [0.4, 0.5) is 11.5 Å². The molecule has 0 radical (unpaired) electrons. The van der Waals surface area contributed by atoms with Gasteiger partial charge in [-0.3, -0.25) is 13.9 Å². The number of nitroso groups, excluding NO2 is 1. The minimum atomic E-state index is -0.833. The summed E-state index contributed by atoms with van der Waals surface area (Å²) in [5, 5.41) is 2.94. The quantitative estimate of drug-likeness (QED) is 0.590. The van der Waals surface area contributed by atoms with Crippen LogP contribution in [-0.2, 0) is 23.8 Å². The van der Waals surface area contributed by atoms with Gasteiger partial charge in [0.1, 0.15) is 0 Å². The molecule has 0 saturated heterocycles. The molecule has 0 aliphatic heterocycles. The van der Waals surface area contributed by atoms with Crippen molar-refractivity contribution in [2.75, 3.05) is 0 Å². The van der Waals surface area contributed by atoms with Gasteiger partial charge in [-0.25, -0.2) is 4.79 Å². The first-order valence-electron chi connectivity index (χ1n) is 8.89. The fourth-order valence-corrected chi connectivity index (χ4v) is 4.51. The second-order valence-corrected chi connectivity index (χ2v) is 7.54. The van der Waals surface area contributed by atoms with Crippen LogP contribution < -0.4 is 11.2 Å². The van der Waals surface area contributed by atoms with Crippen LogP contribution in [0.1, 0.15) is 13.8 Å². The summed E-state index contributed by atoms with van der Waals surface area (Å²) in [6.07, 6.45) is 0. The molecule has 3 aromatic rings. The molecule has 2 aromatic carbocycles. The van der Waals surface area contributed by atoms with Crippen LogP contribution in [0.2, 0.25) is 0 Å². The highest BCUT2D eigenvalue weighted by Gasteiger charge is 2.19. The second kappa shape index (κ2) is 8.71. The Bertz CT molecular complexity index is 1090. The third-order valence-corrected chi connectivity index (χ3v) is 6.00. The van der Waals surface area contributed by atoms with E-state index in [9.17, 15) is 14.5 Å². The Labute approximate surface area is 164 Å². The van der Waals surface area contributed by atoms with E-state index in [1.165, 1.54) is 4.57 Å². The maximum Gasteiger partial charge on any atom is 0.332 e. The van der Waals surface area contributed by atoms with Crippen LogP contribution >= 0.6 is 0 Å². The van der Waals surface area contributed by atoms with Crippen LogP contribution in [-0.4, -0.2) is 9.13 Å². The van der Waals surface area contributed by atoms with Crippen LogP contribution in [0.5, 0.6) is 0 Å². The largest absolute Gasteiger partial charge is 0.332 e. The molecule has 0 bridgehead atoms. The normalized spacial score (nSPS) is 10.8. The topological polar surface area (TPSA) is 85.8 Å². The molecule has 0 N–H and O–H groups in total. The molecular weight excluding hydrogens is 376 g/mol. The van der Waals surface area contributed by atoms with Crippen molar-refractivity contribution in [2.45, 2.75) is 36.7 Å². The van der Waals surface area contributed by atoms with E-state index in [1.807, 2.05) is 60.7 Å². The molecule has 0 aliphatic rings. The third-order valence-electron chi connectivity index (χ3n) is 4.21. The lowest BCUT2D eigenvalue weighted by Crippen LogP contribution is -2.39. The van der Waals surface area contributed by atoms with Gasteiger partial charge in [0.2, 0.25) is 5.69 Å². The summed E-state index contributed by atoms with van der Waals surface area (Å²) >= 11 is 0. The molecule has 8 heteroatoms. The summed E-state index contributed by atoms with van der Waals surface area (Å²) in [6, 6.07) is 19.1. The van der Waals surface area contributed by atoms with Crippen molar-refractivity contribution in [1.82, 2.24) is 9.13 Å². The fourth-order valence-electron chi connectivity index (χ4n) is 2.84. The first kappa shape index (κ1) is 19.6. The monoisotopic (exact) mass is 396 g/mol. The number of hydrogen-bond acceptors (Lipinski definition) is 5. The van der Waals surface area contributed by atoms with Gasteiger partial charge >= 0.3 is 5.69 Å². The molecule has 28 heavy (non-hydrogen) atoms. The molecule has 0 saturated carbocycles. The molecule has 0 unspecified atom stereocenters. The SMILES string of the molecule is CCn1c(N=S(c2ccccc2)c2ccccc2)c(N=O)c(=O)n(CC)c1=O. The molecule has 0 atom stereocenters. The number of rotatable bonds is 6. The van der Waals surface area contributed by atoms with E-state index in [-0.39, 0.29) is 24.6 Å². The lowest BCUT2D eigenvalue weighted by molar-refractivity contribution is 0.593. The second-order valence-electron chi connectivity index (χ2n) is 5.84. The molecule has 0 fully saturated rings. The third kappa shape index (κ3) is 3.63. The Kier molecular flexibility index (Phi) is 6.10. The average molecular weight is 396 g/mol. The minimum absolute atomic E-state index is 0.0215. The van der Waals surface area contributed by atoms with E-state index in [0.29, 0.717) is 0 Å². The van der Waals surface area contributed by atoms with Gasteiger partial charge in [-0.1, -0.05) is 36.4 Å². The van der Waals surface area contributed by atoms with E-state index < -0.39 is 21.9 Å². The molecule has 1 heterocycles. The van der Waals surface area contributed by atoms with Gasteiger partial charge in [-0.2, -0.15) is 4.36 Å². The number of hydrogen-bond donors (Lipinski definition) is 0. The predicted molar refractivity (Wildman–Crippen MR) is 111 cm³/mol. The Morgan fingerprint density at radius 3 is 1.75 bits per heavy atom. The molecule has 1 aromatic heterocycles. The lowest BCUT2D eigenvalue weighted by atomic mass is 10.4. The summed E-state index contributed by atoms with van der Waals surface area (Å²) in [5.74, 6) is 0.0215. The summed E-state index contributed by atoms with van der Waals surface area (Å²) in [7, 11) is -0.833. The van der Waals surface area contributed by atoms with Gasteiger partial charge in [0.25, 0.3) is 5.56 Å². The molecule has 144 valence electrons. The molecular formula is C20H20N4O3S. The van der Waals surface area contributed by atoms with E-state index in [1.54, 1.807) is 13.8 Å². The zero-order chi connectivity index (χ0) is 20.1. The van der Waals surface area contributed by atoms with Gasteiger partial charge in [0.15, 0.2) is 5.82 Å². The smallest absolute Gasteiger partial charge is 0.276 e. The zero-order valence-corrected chi connectivity index (χ0v) is 16.4. The Balaban J connectivity index is 2.40. The van der Waals surface area contributed by atoms with Crippen molar-refractivity contribution < 1.29 is 0 Å². The minimum Gasteiger partial charge on any atom is -0.276 e. The maximum absolute atomic E-state index is 12.7. The van der Waals surface area contributed by atoms with Crippen molar-refractivity contribution in [3.63, 3.8) is 0 Å². The fraction of sp³-hybridized carbons (Fsp3) is 0.200. The van der Waals surface area contributed by atoms with E-state index in [2.05, 4.69) is 5.18 Å². The van der Waals surface area contributed by atoms with Crippen LogP contribution in [0.3, 0.4) is 0 Å².